The number of nitrogens with one attached hydrogen (secondary N) is 1. The number of thiazole rings is 1. The van der Waals surface area contributed by atoms with Crippen LogP contribution in [0.3, 0.4) is 0 Å². The second-order valence-electron chi connectivity index (χ2n) is 11.8. The van der Waals surface area contributed by atoms with Crippen molar-refractivity contribution in [2.24, 2.45) is 29.6 Å². The van der Waals surface area contributed by atoms with Crippen LogP contribution in [0.2, 0.25) is 0 Å². The number of aromatic nitrogens is 1. The van der Waals surface area contributed by atoms with E-state index in [-0.39, 0.29) is 51.5 Å². The topological polar surface area (TPSA) is 79.5 Å². The summed E-state index contributed by atoms with van der Waals surface area (Å²) in [5.41, 5.74) is 3.81. The minimum absolute atomic E-state index is 0.0204. The van der Waals surface area contributed by atoms with Crippen molar-refractivity contribution >= 4 is 40.6 Å². The van der Waals surface area contributed by atoms with E-state index in [2.05, 4.69) is 36.2 Å². The summed E-state index contributed by atoms with van der Waals surface area (Å²) in [6.45, 7) is 2.54. The molecule has 2 amide bonds. The van der Waals surface area contributed by atoms with Crippen LogP contribution in [0.15, 0.2) is 82.6 Å². The Morgan fingerprint density at radius 1 is 0.952 bits per heavy atom. The number of amides is 2. The van der Waals surface area contributed by atoms with Gasteiger partial charge in [0.15, 0.2) is 0 Å². The monoisotopic (exact) mass is 598 g/mol. The van der Waals surface area contributed by atoms with Crippen LogP contribution in [0.1, 0.15) is 33.9 Å². The quantitative estimate of drug-likeness (QED) is 0.279. The summed E-state index contributed by atoms with van der Waals surface area (Å²) >= 11 is 2.92. The van der Waals surface area contributed by atoms with Crippen LogP contribution >= 0.6 is 23.1 Å². The van der Waals surface area contributed by atoms with Gasteiger partial charge in [-0.3, -0.25) is 19.3 Å². The van der Waals surface area contributed by atoms with E-state index in [1.807, 2.05) is 24.3 Å². The summed E-state index contributed by atoms with van der Waals surface area (Å²) in [6.07, 6.45) is 0.819. The molecule has 2 bridgehead atoms. The van der Waals surface area contributed by atoms with Crippen molar-refractivity contribution in [3.63, 3.8) is 0 Å². The second kappa shape index (κ2) is 9.67. The van der Waals surface area contributed by atoms with E-state index in [0.29, 0.717) is 12.3 Å². The Balaban J connectivity index is 1.11. The lowest BCUT2D eigenvalue weighted by atomic mass is 9.68. The third-order valence-corrected chi connectivity index (χ3v) is 12.1. The van der Waals surface area contributed by atoms with Gasteiger partial charge in [-0.15, -0.1) is 11.8 Å². The number of aromatic amines is 1. The number of thioether (sulfide) groups is 1. The summed E-state index contributed by atoms with van der Waals surface area (Å²) < 4.78 is 19.7. The average Bonchev–Trinajstić information content (AvgIpc) is 3.72. The number of nitrogens with zero attached hydrogens (tertiary/aromatic N) is 1. The molecule has 42 heavy (non-hydrogen) atoms. The van der Waals surface area contributed by atoms with Gasteiger partial charge in [0.2, 0.25) is 11.8 Å². The Kier molecular flexibility index (Phi) is 5.98. The van der Waals surface area contributed by atoms with Gasteiger partial charge in [-0.1, -0.05) is 53.3 Å². The van der Waals surface area contributed by atoms with E-state index in [1.54, 1.807) is 11.8 Å². The van der Waals surface area contributed by atoms with Gasteiger partial charge in [0, 0.05) is 16.0 Å². The van der Waals surface area contributed by atoms with E-state index in [4.69, 9.17) is 4.74 Å². The molecular weight excluding hydrogens is 572 g/mol. The van der Waals surface area contributed by atoms with Gasteiger partial charge in [0.1, 0.15) is 18.2 Å². The molecule has 1 saturated heterocycles. The number of anilines is 1. The van der Waals surface area contributed by atoms with Crippen LogP contribution in [0.4, 0.5) is 10.1 Å². The molecular formula is C33H27FN2O4S2. The highest BCUT2D eigenvalue weighted by Gasteiger charge is 2.69. The van der Waals surface area contributed by atoms with E-state index in [9.17, 15) is 18.8 Å². The average molecular weight is 599 g/mol. The molecule has 2 aliphatic heterocycles. The highest BCUT2D eigenvalue weighted by Crippen LogP contribution is 2.68. The first-order chi connectivity index (χ1) is 20.4. The molecule has 0 spiro atoms. The molecule has 3 heterocycles. The van der Waals surface area contributed by atoms with Crippen molar-refractivity contribution in [2.75, 3.05) is 4.90 Å². The zero-order valence-electron chi connectivity index (χ0n) is 22.7. The van der Waals surface area contributed by atoms with Gasteiger partial charge in [0.05, 0.1) is 22.5 Å². The number of hydrogen-bond acceptors (Lipinski definition) is 6. The SMILES string of the molecule is Cc1cccc(COc2ccc(C3c4sc(=O)[nH]c4SC4C3[C@H]3C[C@@H]4C4C(=O)N(c5ccc(F)cc5)C(=O)C43)cc2)c1. The van der Waals surface area contributed by atoms with Crippen LogP contribution in [-0.2, 0) is 16.2 Å². The van der Waals surface area contributed by atoms with E-state index >= 15 is 0 Å². The van der Waals surface area contributed by atoms with E-state index in [1.165, 1.54) is 46.1 Å². The van der Waals surface area contributed by atoms with Crippen LogP contribution in [0.5, 0.6) is 5.75 Å². The number of fused-ring (bicyclic) bond motifs is 9. The van der Waals surface area contributed by atoms with Crippen LogP contribution in [0, 0.1) is 42.3 Å². The number of aryl methyl sites for hydroxylation is 1. The van der Waals surface area contributed by atoms with Gasteiger partial charge < -0.3 is 9.72 Å². The summed E-state index contributed by atoms with van der Waals surface area (Å²) in [5.74, 6) is -0.668. The molecule has 1 aromatic heterocycles. The third-order valence-electron chi connectivity index (χ3n) is 9.54. The number of benzene rings is 3. The third kappa shape index (κ3) is 3.93. The zero-order valence-corrected chi connectivity index (χ0v) is 24.3. The van der Waals surface area contributed by atoms with Crippen molar-refractivity contribution in [1.29, 1.82) is 0 Å². The molecule has 2 saturated carbocycles. The van der Waals surface area contributed by atoms with Crippen molar-refractivity contribution in [2.45, 2.75) is 36.1 Å². The normalized spacial score (nSPS) is 29.0. The largest absolute Gasteiger partial charge is 0.489 e. The fourth-order valence-electron chi connectivity index (χ4n) is 7.97. The molecule has 5 unspecified atom stereocenters. The molecule has 0 radical (unpaired) electrons. The number of halogens is 1. The molecule has 6 nitrogen and oxygen atoms in total. The van der Waals surface area contributed by atoms with Gasteiger partial charge in [-0.2, -0.15) is 0 Å². The lowest BCUT2D eigenvalue weighted by Gasteiger charge is -2.43. The van der Waals surface area contributed by atoms with Crippen LogP contribution in [0.25, 0.3) is 0 Å². The number of ether oxygens (including phenoxy) is 1. The zero-order chi connectivity index (χ0) is 28.7. The van der Waals surface area contributed by atoms with E-state index < -0.39 is 11.7 Å². The Morgan fingerprint density at radius 3 is 2.43 bits per heavy atom. The molecule has 1 N–H and O–H groups in total. The molecule has 4 aliphatic rings. The number of hydrogen-bond donors (Lipinski definition) is 1. The first-order valence-corrected chi connectivity index (χ1v) is 15.9. The Bertz CT molecular complexity index is 1780. The number of carbonyl (C=O) groups is 2. The Morgan fingerprint density at radius 2 is 1.69 bits per heavy atom. The fraction of sp³-hybridized carbons (Fsp3) is 0.303. The van der Waals surface area contributed by atoms with Crippen molar-refractivity contribution < 1.29 is 18.7 Å². The van der Waals surface area contributed by atoms with Gasteiger partial charge in [0.25, 0.3) is 0 Å². The summed E-state index contributed by atoms with van der Waals surface area (Å²) in [7, 11) is 0. The second-order valence-corrected chi connectivity index (χ2v) is 14.0. The molecule has 3 aromatic carbocycles. The lowest BCUT2D eigenvalue weighted by Crippen LogP contribution is -2.42. The molecule has 4 aromatic rings. The molecule has 8 rings (SSSR count). The maximum Gasteiger partial charge on any atom is 0.305 e. The molecule has 9 heteroatoms. The number of H-pyrrole nitrogens is 1. The number of imide groups is 1. The lowest BCUT2D eigenvalue weighted by molar-refractivity contribution is -0.123. The maximum atomic E-state index is 13.8. The number of carbonyl (C=O) groups excluding carboxylic acids is 2. The molecule has 212 valence electrons. The summed E-state index contributed by atoms with van der Waals surface area (Å²) in [6, 6.07) is 21.9. The molecule has 2 aliphatic carbocycles. The predicted octanol–water partition coefficient (Wildman–Crippen LogP) is 6.14. The first-order valence-electron chi connectivity index (χ1n) is 14.2. The van der Waals surface area contributed by atoms with Gasteiger partial charge >= 0.3 is 4.87 Å². The summed E-state index contributed by atoms with van der Waals surface area (Å²) in [4.78, 5) is 45.3. The minimum Gasteiger partial charge on any atom is -0.489 e. The van der Waals surface area contributed by atoms with Crippen LogP contribution in [-0.4, -0.2) is 22.0 Å². The van der Waals surface area contributed by atoms with Crippen LogP contribution < -0.4 is 14.5 Å². The number of rotatable bonds is 5. The summed E-state index contributed by atoms with van der Waals surface area (Å²) in [5, 5.41) is 0.994. The predicted molar refractivity (Wildman–Crippen MR) is 159 cm³/mol. The van der Waals surface area contributed by atoms with Crippen molar-refractivity contribution in [3.8, 4) is 5.75 Å². The first kappa shape index (κ1) is 26.0. The Hall–Kier alpha value is -3.69. The molecule has 7 atom stereocenters. The molecule has 3 fully saturated rings. The standard InChI is InChI=1S/C33H27FN2O4S2/c1-16-3-2-4-17(13-16)15-40-21-11-5-18(6-12-21)24-25-22-14-23(28(25)41-30-29(24)42-33(39)35-30)27-26(22)31(37)36(32(27)38)20-9-7-19(34)8-10-20/h2-13,22-28H,14-15H2,1H3,(H,35,39)/t22-,23-,24?,25?,26?,27?,28?/m1/s1. The highest BCUT2D eigenvalue weighted by molar-refractivity contribution is 8.00. The van der Waals surface area contributed by atoms with Gasteiger partial charge in [-0.25, -0.2) is 4.39 Å². The smallest absolute Gasteiger partial charge is 0.305 e. The van der Waals surface area contributed by atoms with Crippen molar-refractivity contribution in [1.82, 2.24) is 4.98 Å². The minimum atomic E-state index is -0.407. The van der Waals surface area contributed by atoms with E-state index in [0.717, 1.165) is 33.2 Å². The Labute approximate surface area is 249 Å². The van der Waals surface area contributed by atoms with Crippen molar-refractivity contribution in [3.05, 3.63) is 110 Å². The fourth-order valence-corrected chi connectivity index (χ4v) is 10.9. The maximum absolute atomic E-state index is 13.8. The van der Waals surface area contributed by atoms with Gasteiger partial charge in [-0.05, 0) is 78.6 Å². The highest BCUT2D eigenvalue weighted by atomic mass is 32.2.